The van der Waals surface area contributed by atoms with Crippen LogP contribution >= 0.6 is 0 Å². The molecule has 0 saturated heterocycles. The summed E-state index contributed by atoms with van der Waals surface area (Å²) in [5.41, 5.74) is 2.01. The summed E-state index contributed by atoms with van der Waals surface area (Å²) in [5.74, 6) is -0.438. The van der Waals surface area contributed by atoms with Gasteiger partial charge in [-0.1, -0.05) is 0 Å². The van der Waals surface area contributed by atoms with E-state index < -0.39 is 17.5 Å². The van der Waals surface area contributed by atoms with E-state index >= 15 is 0 Å². The van der Waals surface area contributed by atoms with Crippen molar-refractivity contribution in [1.82, 2.24) is 15.1 Å². The van der Waals surface area contributed by atoms with Crippen molar-refractivity contribution in [2.24, 2.45) is 0 Å². The Morgan fingerprint density at radius 3 is 2.52 bits per heavy atom. The van der Waals surface area contributed by atoms with Crippen molar-refractivity contribution in [1.29, 1.82) is 0 Å². The minimum absolute atomic E-state index is 0.0504. The van der Waals surface area contributed by atoms with Crippen molar-refractivity contribution in [2.45, 2.75) is 46.8 Å². The van der Waals surface area contributed by atoms with Crippen molar-refractivity contribution in [3.8, 4) is 11.4 Å². The van der Waals surface area contributed by atoms with Crippen LogP contribution in [0.15, 0.2) is 18.3 Å². The van der Waals surface area contributed by atoms with E-state index in [1.54, 1.807) is 31.5 Å². The molecule has 1 aromatic heterocycles. The number of hydrogen-bond donors (Lipinski definition) is 1. The lowest BCUT2D eigenvalue weighted by Gasteiger charge is -2.20. The van der Waals surface area contributed by atoms with Gasteiger partial charge in [0.25, 0.3) is 0 Å². The largest absolute Gasteiger partial charge is 0.494 e. The quantitative estimate of drug-likeness (QED) is 0.915. The van der Waals surface area contributed by atoms with Gasteiger partial charge in [0.15, 0.2) is 11.6 Å². The van der Waals surface area contributed by atoms with Crippen molar-refractivity contribution >= 4 is 6.09 Å². The molecule has 1 amide bonds. The molecule has 0 radical (unpaired) electrons. The fraction of sp³-hybridized carbons (Fsp3) is 0.444. The number of halogens is 1. The topological polar surface area (TPSA) is 65.4 Å². The van der Waals surface area contributed by atoms with Gasteiger partial charge in [0, 0.05) is 11.8 Å². The van der Waals surface area contributed by atoms with E-state index in [2.05, 4.69) is 10.4 Å². The summed E-state index contributed by atoms with van der Waals surface area (Å²) in [5, 5.41) is 6.97. The molecule has 0 aliphatic heterocycles. The molecule has 2 rings (SSSR count). The average Bonchev–Trinajstić information content (AvgIpc) is 2.83. The fourth-order valence-corrected chi connectivity index (χ4v) is 2.27. The Balaban J connectivity index is 2.35. The van der Waals surface area contributed by atoms with E-state index in [1.165, 1.54) is 13.2 Å². The number of carbonyl (C=O) groups excluding carboxylic acids is 1. The highest BCUT2D eigenvalue weighted by molar-refractivity contribution is 5.68. The molecule has 6 nitrogen and oxygen atoms in total. The van der Waals surface area contributed by atoms with Gasteiger partial charge in [-0.3, -0.25) is 0 Å². The summed E-state index contributed by atoms with van der Waals surface area (Å²) in [6.07, 6.45) is 1.20. The van der Waals surface area contributed by atoms with Crippen LogP contribution in [0.25, 0.3) is 5.69 Å². The summed E-state index contributed by atoms with van der Waals surface area (Å²) in [6, 6.07) is 3.24. The Morgan fingerprint density at radius 2 is 2.00 bits per heavy atom. The number of nitrogens with one attached hydrogen (secondary N) is 1. The van der Waals surface area contributed by atoms with Crippen LogP contribution in [0.4, 0.5) is 9.18 Å². The first-order valence-corrected chi connectivity index (χ1v) is 7.98. The summed E-state index contributed by atoms with van der Waals surface area (Å²) < 4.78 is 26.6. The Labute approximate surface area is 146 Å². The minimum atomic E-state index is -0.629. The highest BCUT2D eigenvalue weighted by Crippen LogP contribution is 2.27. The van der Waals surface area contributed by atoms with Crippen molar-refractivity contribution in [2.75, 3.05) is 7.11 Å². The molecule has 1 heterocycles. The fourth-order valence-electron chi connectivity index (χ4n) is 2.27. The summed E-state index contributed by atoms with van der Waals surface area (Å²) in [4.78, 5) is 11.9. The molecule has 136 valence electrons. The smallest absolute Gasteiger partial charge is 0.407 e. The second kappa shape index (κ2) is 7.13. The van der Waals surface area contributed by atoms with E-state index in [0.29, 0.717) is 5.69 Å². The van der Waals surface area contributed by atoms with Gasteiger partial charge < -0.3 is 14.8 Å². The summed E-state index contributed by atoms with van der Waals surface area (Å²) in [6.45, 7) is 9.05. The Bertz CT molecular complexity index is 759. The Morgan fingerprint density at radius 1 is 1.32 bits per heavy atom. The Hall–Kier alpha value is -2.57. The lowest BCUT2D eigenvalue weighted by molar-refractivity contribution is 0.0523. The van der Waals surface area contributed by atoms with E-state index in [0.717, 1.165) is 11.3 Å². The molecular weight excluding hydrogens is 325 g/mol. The third-order valence-corrected chi connectivity index (χ3v) is 3.60. The average molecular weight is 349 g/mol. The van der Waals surface area contributed by atoms with Crippen LogP contribution in [0.5, 0.6) is 5.75 Å². The first kappa shape index (κ1) is 18.8. The summed E-state index contributed by atoms with van der Waals surface area (Å²) in [7, 11) is 1.39. The predicted octanol–water partition coefficient (Wildman–Crippen LogP) is 3.66. The molecule has 25 heavy (non-hydrogen) atoms. The zero-order valence-electron chi connectivity index (χ0n) is 15.4. The number of methoxy groups -OCH3 is 1. The van der Waals surface area contributed by atoms with Gasteiger partial charge in [0.2, 0.25) is 0 Å². The number of carbonyl (C=O) groups is 1. The maximum Gasteiger partial charge on any atom is 0.407 e. The van der Waals surface area contributed by atoms with E-state index in [4.69, 9.17) is 9.47 Å². The molecule has 0 saturated carbocycles. The van der Waals surface area contributed by atoms with Crippen LogP contribution < -0.4 is 10.1 Å². The van der Waals surface area contributed by atoms with Crippen molar-refractivity contribution < 1.29 is 18.7 Å². The zero-order valence-corrected chi connectivity index (χ0v) is 15.4. The van der Waals surface area contributed by atoms with Crippen LogP contribution in [0, 0.1) is 19.7 Å². The molecular formula is C18H24FN3O3. The third-order valence-electron chi connectivity index (χ3n) is 3.60. The molecule has 7 heteroatoms. The number of ether oxygens (including phenoxy) is 2. The lowest BCUT2D eigenvalue weighted by atomic mass is 10.1. The number of aryl methyl sites for hydroxylation is 2. The number of hydrogen-bond acceptors (Lipinski definition) is 4. The van der Waals surface area contributed by atoms with Crippen molar-refractivity contribution in [3.05, 3.63) is 41.0 Å². The molecule has 0 fully saturated rings. The maximum absolute atomic E-state index is 14.8. The summed E-state index contributed by atoms with van der Waals surface area (Å²) >= 11 is 0. The third kappa shape index (κ3) is 4.49. The van der Waals surface area contributed by atoms with Gasteiger partial charge in [-0.25, -0.2) is 13.9 Å². The first-order valence-electron chi connectivity index (χ1n) is 7.98. The monoisotopic (exact) mass is 349 g/mol. The van der Waals surface area contributed by atoms with Crippen LogP contribution in [0.1, 0.15) is 37.6 Å². The van der Waals surface area contributed by atoms with Gasteiger partial charge in [0.1, 0.15) is 5.60 Å². The lowest BCUT2D eigenvalue weighted by Crippen LogP contribution is -2.32. The van der Waals surface area contributed by atoms with Crippen LogP contribution in [-0.2, 0) is 11.3 Å². The highest BCUT2D eigenvalue weighted by atomic mass is 19.1. The van der Waals surface area contributed by atoms with Crippen LogP contribution in [0.2, 0.25) is 0 Å². The van der Waals surface area contributed by atoms with Gasteiger partial charge >= 0.3 is 6.09 Å². The molecule has 1 N–H and O–H groups in total. The first-order chi connectivity index (χ1) is 11.6. The van der Waals surface area contributed by atoms with Gasteiger partial charge in [0.05, 0.1) is 25.0 Å². The molecule has 1 aromatic carbocycles. The normalized spacial score (nSPS) is 11.3. The van der Waals surface area contributed by atoms with E-state index in [-0.39, 0.29) is 17.9 Å². The molecule has 0 atom stereocenters. The van der Waals surface area contributed by atoms with Gasteiger partial charge in [-0.15, -0.1) is 0 Å². The van der Waals surface area contributed by atoms with Gasteiger partial charge in [-0.2, -0.15) is 5.10 Å². The molecule has 0 spiro atoms. The van der Waals surface area contributed by atoms with E-state index in [9.17, 15) is 9.18 Å². The second-order valence-corrected chi connectivity index (χ2v) is 6.78. The molecule has 0 aliphatic rings. The second-order valence-electron chi connectivity index (χ2n) is 6.78. The number of aromatic nitrogens is 2. The number of nitrogens with zero attached hydrogens (tertiary/aromatic N) is 2. The maximum atomic E-state index is 14.8. The van der Waals surface area contributed by atoms with Crippen LogP contribution in [0.3, 0.4) is 0 Å². The van der Waals surface area contributed by atoms with E-state index in [1.807, 2.05) is 20.0 Å². The number of amides is 1. The highest BCUT2D eigenvalue weighted by Gasteiger charge is 2.20. The van der Waals surface area contributed by atoms with Crippen molar-refractivity contribution in [3.63, 3.8) is 0 Å². The molecule has 0 unspecified atom stereocenters. The predicted molar refractivity (Wildman–Crippen MR) is 92.6 cm³/mol. The molecule has 0 bridgehead atoms. The Kier molecular flexibility index (Phi) is 5.35. The standard InChI is InChI=1S/C18H24FN3O3/c1-11-10-22(21-12(11)2)14-7-8-15(24-6)16(19)13(14)9-20-17(23)25-18(3,4)5/h7-8,10H,9H2,1-6H3,(H,20,23). The number of alkyl carbamates (subject to hydrolysis) is 1. The minimum Gasteiger partial charge on any atom is -0.494 e. The molecule has 0 aliphatic carbocycles. The van der Waals surface area contributed by atoms with Gasteiger partial charge in [-0.05, 0) is 52.3 Å². The number of benzene rings is 1. The zero-order chi connectivity index (χ0) is 18.8. The SMILES string of the molecule is COc1ccc(-n2cc(C)c(C)n2)c(CNC(=O)OC(C)(C)C)c1F. The van der Waals surface area contributed by atoms with Crippen LogP contribution in [-0.4, -0.2) is 28.6 Å². The number of rotatable bonds is 4. The molecule has 2 aromatic rings.